The third kappa shape index (κ3) is 3.13. The zero-order chi connectivity index (χ0) is 15.4. The SMILES string of the molecule is COc1ccc(OC2CCN(C(=O)c3ccccn3)C2)nn1. The molecule has 0 bridgehead atoms. The van der Waals surface area contributed by atoms with E-state index in [1.165, 1.54) is 7.11 Å². The van der Waals surface area contributed by atoms with Crippen LogP contribution in [-0.2, 0) is 0 Å². The molecule has 1 saturated heterocycles. The largest absolute Gasteiger partial charge is 0.480 e. The Hall–Kier alpha value is -2.70. The molecule has 1 aliphatic rings. The molecule has 7 nitrogen and oxygen atoms in total. The van der Waals surface area contributed by atoms with E-state index in [4.69, 9.17) is 9.47 Å². The highest BCUT2D eigenvalue weighted by atomic mass is 16.5. The summed E-state index contributed by atoms with van der Waals surface area (Å²) >= 11 is 0. The van der Waals surface area contributed by atoms with E-state index in [0.29, 0.717) is 30.5 Å². The van der Waals surface area contributed by atoms with Crippen molar-refractivity contribution in [3.8, 4) is 11.8 Å². The van der Waals surface area contributed by atoms with Gasteiger partial charge in [0.2, 0.25) is 11.8 Å². The Labute approximate surface area is 127 Å². The molecule has 7 heteroatoms. The number of hydrogen-bond donors (Lipinski definition) is 0. The van der Waals surface area contributed by atoms with Gasteiger partial charge in [-0.2, -0.15) is 0 Å². The second-order valence-corrected chi connectivity index (χ2v) is 4.91. The van der Waals surface area contributed by atoms with E-state index < -0.39 is 0 Å². The lowest BCUT2D eigenvalue weighted by molar-refractivity contribution is 0.0765. The van der Waals surface area contributed by atoms with Gasteiger partial charge in [0.1, 0.15) is 11.8 Å². The van der Waals surface area contributed by atoms with Gasteiger partial charge >= 0.3 is 0 Å². The third-order valence-corrected chi connectivity index (χ3v) is 3.43. The summed E-state index contributed by atoms with van der Waals surface area (Å²) in [6.07, 6.45) is 2.28. The van der Waals surface area contributed by atoms with Crippen molar-refractivity contribution in [2.45, 2.75) is 12.5 Å². The molecular weight excluding hydrogens is 284 g/mol. The van der Waals surface area contributed by atoms with Crippen LogP contribution in [0.3, 0.4) is 0 Å². The van der Waals surface area contributed by atoms with Crippen molar-refractivity contribution in [3.63, 3.8) is 0 Å². The van der Waals surface area contributed by atoms with E-state index in [-0.39, 0.29) is 12.0 Å². The maximum atomic E-state index is 12.3. The standard InChI is InChI=1S/C15H16N4O3/c1-21-13-5-6-14(18-17-13)22-11-7-9-19(10-11)15(20)12-4-2-3-8-16-12/h2-6,8,11H,7,9-10H2,1H3. The number of methoxy groups -OCH3 is 1. The van der Waals surface area contributed by atoms with Crippen molar-refractivity contribution < 1.29 is 14.3 Å². The van der Waals surface area contributed by atoms with Gasteiger partial charge in [-0.05, 0) is 12.1 Å². The van der Waals surface area contributed by atoms with E-state index in [9.17, 15) is 4.79 Å². The minimum absolute atomic E-state index is 0.0764. The number of carbonyl (C=O) groups is 1. The quantitative estimate of drug-likeness (QED) is 0.843. The summed E-state index contributed by atoms with van der Waals surface area (Å²) in [5.74, 6) is 0.788. The molecule has 1 fully saturated rings. The van der Waals surface area contributed by atoms with Crippen molar-refractivity contribution in [2.24, 2.45) is 0 Å². The lowest BCUT2D eigenvalue weighted by Gasteiger charge is -2.16. The molecule has 0 N–H and O–H groups in total. The number of aromatic nitrogens is 3. The second kappa shape index (κ2) is 6.38. The maximum absolute atomic E-state index is 12.3. The summed E-state index contributed by atoms with van der Waals surface area (Å²) in [6.45, 7) is 1.16. The Balaban J connectivity index is 1.59. The topological polar surface area (TPSA) is 77.4 Å². The van der Waals surface area contributed by atoms with Crippen LogP contribution in [0.4, 0.5) is 0 Å². The fourth-order valence-electron chi connectivity index (χ4n) is 2.31. The number of likely N-dealkylation sites (tertiary alicyclic amines) is 1. The molecule has 0 aromatic carbocycles. The number of carbonyl (C=O) groups excluding carboxylic acids is 1. The van der Waals surface area contributed by atoms with Crippen molar-refractivity contribution in [2.75, 3.05) is 20.2 Å². The van der Waals surface area contributed by atoms with Crippen LogP contribution in [0, 0.1) is 0 Å². The predicted molar refractivity (Wildman–Crippen MR) is 77.8 cm³/mol. The minimum atomic E-state index is -0.0876. The molecule has 0 spiro atoms. The average molecular weight is 300 g/mol. The first-order valence-electron chi connectivity index (χ1n) is 7.01. The lowest BCUT2D eigenvalue weighted by atomic mass is 10.3. The highest BCUT2D eigenvalue weighted by Crippen LogP contribution is 2.18. The summed E-state index contributed by atoms with van der Waals surface area (Å²) < 4.78 is 10.7. The Morgan fingerprint density at radius 2 is 2.05 bits per heavy atom. The predicted octanol–water partition coefficient (Wildman–Crippen LogP) is 1.17. The number of ether oxygens (including phenoxy) is 2. The Morgan fingerprint density at radius 1 is 1.23 bits per heavy atom. The molecule has 0 saturated carbocycles. The first kappa shape index (κ1) is 14.2. The first-order chi connectivity index (χ1) is 10.8. The molecule has 1 amide bonds. The van der Waals surface area contributed by atoms with E-state index in [2.05, 4.69) is 15.2 Å². The number of nitrogens with zero attached hydrogens (tertiary/aromatic N) is 4. The Morgan fingerprint density at radius 3 is 2.73 bits per heavy atom. The molecule has 1 unspecified atom stereocenters. The van der Waals surface area contributed by atoms with Crippen molar-refractivity contribution >= 4 is 5.91 Å². The minimum Gasteiger partial charge on any atom is -0.480 e. The van der Waals surface area contributed by atoms with Crippen LogP contribution < -0.4 is 9.47 Å². The van der Waals surface area contributed by atoms with Gasteiger partial charge in [0.25, 0.3) is 5.91 Å². The molecule has 0 aliphatic carbocycles. The molecule has 2 aromatic heterocycles. The van der Waals surface area contributed by atoms with Crippen LogP contribution in [0.15, 0.2) is 36.5 Å². The van der Waals surface area contributed by atoms with E-state index in [1.54, 1.807) is 41.4 Å². The molecule has 114 valence electrons. The van der Waals surface area contributed by atoms with Crippen LogP contribution in [-0.4, -0.2) is 52.3 Å². The third-order valence-electron chi connectivity index (χ3n) is 3.43. The zero-order valence-corrected chi connectivity index (χ0v) is 12.2. The molecule has 1 aliphatic heterocycles. The molecule has 3 heterocycles. The number of pyridine rings is 1. The maximum Gasteiger partial charge on any atom is 0.272 e. The van der Waals surface area contributed by atoms with Gasteiger partial charge in [-0.25, -0.2) is 0 Å². The van der Waals surface area contributed by atoms with Gasteiger partial charge in [-0.1, -0.05) is 6.07 Å². The van der Waals surface area contributed by atoms with Gasteiger partial charge in [-0.15, -0.1) is 10.2 Å². The van der Waals surface area contributed by atoms with Crippen LogP contribution in [0.1, 0.15) is 16.9 Å². The van der Waals surface area contributed by atoms with Crippen LogP contribution in [0.25, 0.3) is 0 Å². The summed E-state index contributed by atoms with van der Waals surface area (Å²) in [4.78, 5) is 18.1. The number of rotatable bonds is 4. The smallest absolute Gasteiger partial charge is 0.272 e. The Kier molecular flexibility index (Phi) is 4.13. The lowest BCUT2D eigenvalue weighted by Crippen LogP contribution is -2.31. The first-order valence-corrected chi connectivity index (χ1v) is 7.01. The second-order valence-electron chi connectivity index (χ2n) is 4.91. The van der Waals surface area contributed by atoms with Crippen LogP contribution in [0.5, 0.6) is 11.8 Å². The summed E-state index contributed by atoms with van der Waals surface area (Å²) in [7, 11) is 1.53. The zero-order valence-electron chi connectivity index (χ0n) is 12.2. The van der Waals surface area contributed by atoms with Crippen molar-refractivity contribution in [1.29, 1.82) is 0 Å². The van der Waals surface area contributed by atoms with E-state index in [1.807, 2.05) is 0 Å². The monoisotopic (exact) mass is 300 g/mol. The van der Waals surface area contributed by atoms with Gasteiger partial charge in [0, 0.05) is 31.3 Å². The molecule has 2 aromatic rings. The fourth-order valence-corrected chi connectivity index (χ4v) is 2.31. The summed E-state index contributed by atoms with van der Waals surface area (Å²) in [5.41, 5.74) is 0.451. The number of amides is 1. The summed E-state index contributed by atoms with van der Waals surface area (Å²) in [6, 6.07) is 8.70. The van der Waals surface area contributed by atoms with Crippen molar-refractivity contribution in [3.05, 3.63) is 42.2 Å². The van der Waals surface area contributed by atoms with Gasteiger partial charge in [-0.3, -0.25) is 9.78 Å². The molecule has 0 radical (unpaired) electrons. The van der Waals surface area contributed by atoms with Crippen LogP contribution >= 0.6 is 0 Å². The molecule has 3 rings (SSSR count). The Bertz CT molecular complexity index is 633. The van der Waals surface area contributed by atoms with E-state index in [0.717, 1.165) is 6.42 Å². The summed E-state index contributed by atoms with van der Waals surface area (Å²) in [5, 5.41) is 7.78. The molecular formula is C15H16N4O3. The van der Waals surface area contributed by atoms with Gasteiger partial charge in [0.05, 0.1) is 13.7 Å². The van der Waals surface area contributed by atoms with Gasteiger partial charge < -0.3 is 14.4 Å². The fraction of sp³-hybridized carbons (Fsp3) is 0.333. The number of hydrogen-bond acceptors (Lipinski definition) is 6. The van der Waals surface area contributed by atoms with Gasteiger partial charge in [0.15, 0.2) is 0 Å². The highest BCUT2D eigenvalue weighted by molar-refractivity contribution is 5.92. The average Bonchev–Trinajstić information content (AvgIpc) is 3.04. The normalized spacial score (nSPS) is 17.3. The van der Waals surface area contributed by atoms with Crippen LogP contribution in [0.2, 0.25) is 0 Å². The molecule has 1 atom stereocenters. The highest BCUT2D eigenvalue weighted by Gasteiger charge is 2.29. The van der Waals surface area contributed by atoms with Crippen molar-refractivity contribution in [1.82, 2.24) is 20.1 Å². The van der Waals surface area contributed by atoms with E-state index >= 15 is 0 Å². The molecule has 22 heavy (non-hydrogen) atoms.